The largest absolute Gasteiger partial charge is 0.371 e. The molecule has 2 heterocycles. The highest BCUT2D eigenvalue weighted by Crippen LogP contribution is 2.26. The summed E-state index contributed by atoms with van der Waals surface area (Å²) in [6, 6.07) is 14.3. The predicted molar refractivity (Wildman–Crippen MR) is 123 cm³/mol. The van der Waals surface area contributed by atoms with Gasteiger partial charge in [-0.05, 0) is 61.6 Å². The minimum atomic E-state index is -3.64. The first-order valence-corrected chi connectivity index (χ1v) is 12.6. The van der Waals surface area contributed by atoms with E-state index in [2.05, 4.69) is 16.3 Å². The molecule has 0 spiro atoms. The van der Waals surface area contributed by atoms with Crippen LogP contribution in [0.3, 0.4) is 0 Å². The van der Waals surface area contributed by atoms with Crippen LogP contribution in [0, 0.1) is 5.92 Å². The molecule has 2 aromatic carbocycles. The van der Waals surface area contributed by atoms with Crippen molar-refractivity contribution in [1.29, 1.82) is 0 Å². The Kier molecular flexibility index (Phi) is 6.84. The molecule has 2 saturated heterocycles. The lowest BCUT2D eigenvalue weighted by Crippen LogP contribution is -2.45. The number of nitrogens with one attached hydrogen (secondary N) is 1. The van der Waals surface area contributed by atoms with E-state index >= 15 is 0 Å². The summed E-state index contributed by atoms with van der Waals surface area (Å²) in [6.07, 6.45) is 3.74. The third-order valence-electron chi connectivity index (χ3n) is 6.10. The van der Waals surface area contributed by atoms with Gasteiger partial charge in [0.25, 0.3) is 0 Å². The first-order valence-electron chi connectivity index (χ1n) is 10.8. The van der Waals surface area contributed by atoms with E-state index in [4.69, 9.17) is 11.6 Å². The van der Waals surface area contributed by atoms with Crippen LogP contribution in [0.15, 0.2) is 53.4 Å². The van der Waals surface area contributed by atoms with Crippen LogP contribution < -0.4 is 10.2 Å². The first kappa shape index (κ1) is 22.1. The molecule has 0 radical (unpaired) electrons. The lowest BCUT2D eigenvalue weighted by Gasteiger charge is -2.31. The van der Waals surface area contributed by atoms with Gasteiger partial charge in [-0.15, -0.1) is 0 Å². The molecule has 0 aromatic heterocycles. The number of hydrogen-bond donors (Lipinski definition) is 1. The number of piperidine rings is 1. The summed E-state index contributed by atoms with van der Waals surface area (Å²) in [4.78, 5) is 15.5. The Bertz CT molecular complexity index is 1020. The number of halogens is 1. The Morgan fingerprint density at radius 3 is 2.45 bits per heavy atom. The van der Waals surface area contributed by atoms with E-state index in [1.165, 1.54) is 35.0 Å². The first-order chi connectivity index (χ1) is 14.9. The fourth-order valence-electron chi connectivity index (χ4n) is 4.38. The van der Waals surface area contributed by atoms with Crippen molar-refractivity contribution in [3.63, 3.8) is 0 Å². The summed E-state index contributed by atoms with van der Waals surface area (Å²) in [6.45, 7) is 3.17. The van der Waals surface area contributed by atoms with Gasteiger partial charge in [-0.2, -0.15) is 4.31 Å². The van der Waals surface area contributed by atoms with Crippen LogP contribution in [0.2, 0.25) is 5.02 Å². The van der Waals surface area contributed by atoms with E-state index in [1.54, 1.807) is 12.1 Å². The minimum absolute atomic E-state index is 0.0905. The third kappa shape index (κ3) is 5.05. The lowest BCUT2D eigenvalue weighted by molar-refractivity contribution is -0.126. The summed E-state index contributed by atoms with van der Waals surface area (Å²) < 4.78 is 27.4. The number of anilines is 1. The van der Waals surface area contributed by atoms with Crippen molar-refractivity contribution in [1.82, 2.24) is 9.62 Å². The smallest absolute Gasteiger partial charge is 0.243 e. The van der Waals surface area contributed by atoms with Crippen LogP contribution in [-0.4, -0.2) is 44.8 Å². The number of carbonyl (C=O) groups is 1. The number of nitrogens with zero attached hydrogens (tertiary/aromatic N) is 2. The van der Waals surface area contributed by atoms with Gasteiger partial charge in [-0.1, -0.05) is 29.8 Å². The summed E-state index contributed by atoms with van der Waals surface area (Å²) in [7, 11) is -3.64. The molecule has 1 atom stereocenters. The molecule has 1 N–H and O–H groups in total. The molecule has 0 saturated carbocycles. The quantitative estimate of drug-likeness (QED) is 0.712. The van der Waals surface area contributed by atoms with E-state index in [0.29, 0.717) is 31.0 Å². The number of benzene rings is 2. The van der Waals surface area contributed by atoms with Crippen LogP contribution in [0.4, 0.5) is 5.69 Å². The van der Waals surface area contributed by atoms with E-state index in [0.717, 1.165) is 18.7 Å². The van der Waals surface area contributed by atoms with Crippen molar-refractivity contribution in [3.05, 3.63) is 59.1 Å². The number of sulfonamides is 1. The van der Waals surface area contributed by atoms with Crippen LogP contribution in [0.25, 0.3) is 0 Å². The van der Waals surface area contributed by atoms with Crippen molar-refractivity contribution in [3.8, 4) is 0 Å². The second-order valence-corrected chi connectivity index (χ2v) is 10.6. The Labute approximate surface area is 189 Å². The minimum Gasteiger partial charge on any atom is -0.371 e. The SMILES string of the molecule is O=C(NCc1ccccc1N1CCCC1)C1CCCN(S(=O)(=O)c2ccc(Cl)cc2)C1. The molecule has 1 unspecified atom stereocenters. The van der Waals surface area contributed by atoms with Crippen molar-refractivity contribution in [2.45, 2.75) is 37.1 Å². The third-order valence-corrected chi connectivity index (χ3v) is 8.23. The highest BCUT2D eigenvalue weighted by molar-refractivity contribution is 7.89. The van der Waals surface area contributed by atoms with E-state index in [-0.39, 0.29) is 23.3 Å². The van der Waals surface area contributed by atoms with Gasteiger partial charge in [0.1, 0.15) is 0 Å². The lowest BCUT2D eigenvalue weighted by atomic mass is 9.98. The van der Waals surface area contributed by atoms with Gasteiger partial charge in [0.2, 0.25) is 15.9 Å². The monoisotopic (exact) mass is 461 g/mol. The second-order valence-electron chi connectivity index (χ2n) is 8.20. The maximum Gasteiger partial charge on any atom is 0.243 e. The van der Waals surface area contributed by atoms with Gasteiger partial charge in [0.05, 0.1) is 10.8 Å². The summed E-state index contributed by atoms with van der Waals surface area (Å²) >= 11 is 5.89. The van der Waals surface area contributed by atoms with Crippen LogP contribution in [0.5, 0.6) is 0 Å². The van der Waals surface area contributed by atoms with Gasteiger partial charge in [0, 0.05) is 43.4 Å². The zero-order chi connectivity index (χ0) is 21.8. The second kappa shape index (κ2) is 9.59. The summed E-state index contributed by atoms with van der Waals surface area (Å²) in [5.74, 6) is -0.443. The molecule has 0 aliphatic carbocycles. The van der Waals surface area contributed by atoms with Gasteiger partial charge >= 0.3 is 0 Å². The van der Waals surface area contributed by atoms with Crippen molar-refractivity contribution in [2.24, 2.45) is 5.92 Å². The summed E-state index contributed by atoms with van der Waals surface area (Å²) in [5, 5.41) is 3.54. The number of amides is 1. The van der Waals surface area contributed by atoms with Gasteiger partial charge in [0.15, 0.2) is 0 Å². The molecule has 4 rings (SSSR count). The zero-order valence-electron chi connectivity index (χ0n) is 17.5. The molecule has 8 heteroatoms. The van der Waals surface area contributed by atoms with Gasteiger partial charge in [-0.25, -0.2) is 8.42 Å². The normalized spacial score (nSPS) is 20.0. The fourth-order valence-corrected chi connectivity index (χ4v) is 6.03. The number of para-hydroxylation sites is 1. The predicted octanol–water partition coefficient (Wildman–Crippen LogP) is 3.66. The summed E-state index contributed by atoms with van der Waals surface area (Å²) in [5.41, 5.74) is 2.27. The van der Waals surface area contributed by atoms with Crippen LogP contribution >= 0.6 is 11.6 Å². The van der Waals surface area contributed by atoms with Gasteiger partial charge < -0.3 is 10.2 Å². The van der Waals surface area contributed by atoms with Crippen molar-refractivity contribution in [2.75, 3.05) is 31.1 Å². The molecule has 1 amide bonds. The average Bonchev–Trinajstić information content (AvgIpc) is 3.33. The fraction of sp³-hybridized carbons (Fsp3) is 0.435. The number of rotatable bonds is 6. The highest BCUT2D eigenvalue weighted by atomic mass is 35.5. The molecular weight excluding hydrogens is 434 g/mol. The molecule has 0 bridgehead atoms. The van der Waals surface area contributed by atoms with E-state index < -0.39 is 10.0 Å². The van der Waals surface area contributed by atoms with Crippen molar-refractivity contribution >= 4 is 33.2 Å². The maximum atomic E-state index is 13.0. The molecule has 166 valence electrons. The van der Waals surface area contributed by atoms with Gasteiger partial charge in [-0.3, -0.25) is 4.79 Å². The zero-order valence-corrected chi connectivity index (χ0v) is 19.0. The Balaban J connectivity index is 1.40. The van der Waals surface area contributed by atoms with E-state index in [1.807, 2.05) is 18.2 Å². The Morgan fingerprint density at radius 2 is 1.71 bits per heavy atom. The molecule has 2 fully saturated rings. The molecule has 2 aromatic rings. The Hall–Kier alpha value is -2.09. The Morgan fingerprint density at radius 1 is 1.00 bits per heavy atom. The average molecular weight is 462 g/mol. The van der Waals surface area contributed by atoms with Crippen LogP contribution in [-0.2, 0) is 21.4 Å². The van der Waals surface area contributed by atoms with E-state index in [9.17, 15) is 13.2 Å². The number of hydrogen-bond acceptors (Lipinski definition) is 4. The molecular formula is C23H28ClN3O3S. The topological polar surface area (TPSA) is 69.7 Å². The standard InChI is InChI=1S/C23H28ClN3O3S/c24-20-9-11-21(12-10-20)31(29,30)27-15-5-7-19(17-27)23(28)25-16-18-6-1-2-8-22(18)26-13-3-4-14-26/h1-2,6,8-12,19H,3-5,7,13-17H2,(H,25,28). The molecule has 2 aliphatic rings. The molecule has 31 heavy (non-hydrogen) atoms. The van der Waals surface area contributed by atoms with Crippen molar-refractivity contribution < 1.29 is 13.2 Å². The van der Waals surface area contributed by atoms with Crippen LogP contribution in [0.1, 0.15) is 31.2 Å². The molecule has 6 nitrogen and oxygen atoms in total. The highest BCUT2D eigenvalue weighted by Gasteiger charge is 2.33. The maximum absolute atomic E-state index is 13.0. The number of carbonyl (C=O) groups excluding carboxylic acids is 1. The molecule has 2 aliphatic heterocycles.